The fourth-order valence-electron chi connectivity index (χ4n) is 2.09. The highest BCUT2D eigenvalue weighted by molar-refractivity contribution is 5.85. The van der Waals surface area contributed by atoms with Crippen LogP contribution in [0.5, 0.6) is 5.75 Å². The summed E-state index contributed by atoms with van der Waals surface area (Å²) < 4.78 is 23.2. The average Bonchev–Trinajstić information content (AvgIpc) is 2.52. The number of hydrogen-bond acceptors (Lipinski definition) is 4. The number of carbonyl (C=O) groups is 1. The van der Waals surface area contributed by atoms with Crippen molar-refractivity contribution < 1.29 is 18.7 Å². The average molecular weight is 333 g/mol. The van der Waals surface area contributed by atoms with Crippen LogP contribution in [-0.2, 0) is 9.53 Å². The molecule has 0 unspecified atom stereocenters. The van der Waals surface area contributed by atoms with E-state index in [1.165, 1.54) is 24.3 Å². The number of amides is 1. The Hall–Kier alpha value is -1.37. The second-order valence-electron chi connectivity index (χ2n) is 4.90. The number of benzene rings is 1. The molecule has 0 aromatic heterocycles. The van der Waals surface area contributed by atoms with Crippen molar-refractivity contribution in [2.24, 2.45) is 0 Å². The van der Waals surface area contributed by atoms with E-state index in [9.17, 15) is 9.18 Å². The van der Waals surface area contributed by atoms with Crippen molar-refractivity contribution in [3.05, 3.63) is 30.1 Å². The van der Waals surface area contributed by atoms with Crippen LogP contribution < -0.4 is 10.1 Å². The standard InChI is InChI=1S/C15H21FN2O3.ClH/c16-13-2-4-14(5-3-13)21-12-15(19)17-6-1-7-18-8-10-20-11-9-18;/h2-5H,1,6-12H2,(H,17,19);1H. The molecule has 22 heavy (non-hydrogen) atoms. The summed E-state index contributed by atoms with van der Waals surface area (Å²) in [5.74, 6) is -0.00363. The second-order valence-corrected chi connectivity index (χ2v) is 4.90. The number of nitrogens with zero attached hydrogens (tertiary/aromatic N) is 1. The number of hydrogen-bond donors (Lipinski definition) is 1. The van der Waals surface area contributed by atoms with Gasteiger partial charge in [-0.15, -0.1) is 12.4 Å². The molecule has 0 saturated carbocycles. The molecule has 1 aromatic carbocycles. The quantitative estimate of drug-likeness (QED) is 0.768. The van der Waals surface area contributed by atoms with E-state index in [0.29, 0.717) is 12.3 Å². The highest BCUT2D eigenvalue weighted by Gasteiger charge is 2.09. The highest BCUT2D eigenvalue weighted by Crippen LogP contribution is 2.10. The lowest BCUT2D eigenvalue weighted by molar-refractivity contribution is -0.123. The Labute approximate surface area is 136 Å². The largest absolute Gasteiger partial charge is 0.484 e. The zero-order chi connectivity index (χ0) is 14.9. The van der Waals surface area contributed by atoms with E-state index in [2.05, 4.69) is 10.2 Å². The molecule has 1 saturated heterocycles. The van der Waals surface area contributed by atoms with Crippen LogP contribution in [0, 0.1) is 5.82 Å². The maximum absolute atomic E-state index is 12.7. The SMILES string of the molecule is Cl.O=C(COc1ccc(F)cc1)NCCCN1CCOCC1. The van der Waals surface area contributed by atoms with Crippen molar-refractivity contribution in [3.63, 3.8) is 0 Å². The Bertz CT molecular complexity index is 439. The Morgan fingerprint density at radius 1 is 1.27 bits per heavy atom. The first kappa shape index (κ1) is 18.7. The fraction of sp³-hybridized carbons (Fsp3) is 0.533. The second kappa shape index (κ2) is 10.4. The summed E-state index contributed by atoms with van der Waals surface area (Å²) in [7, 11) is 0. The lowest BCUT2D eigenvalue weighted by Crippen LogP contribution is -2.38. The van der Waals surface area contributed by atoms with Gasteiger partial charge in [0, 0.05) is 19.6 Å². The van der Waals surface area contributed by atoms with Crippen LogP contribution >= 0.6 is 12.4 Å². The molecule has 1 N–H and O–H groups in total. The number of carbonyl (C=O) groups excluding carboxylic acids is 1. The molecule has 1 aliphatic rings. The summed E-state index contributed by atoms with van der Waals surface area (Å²) in [6.07, 6.45) is 0.905. The van der Waals surface area contributed by atoms with Gasteiger partial charge in [0.2, 0.25) is 0 Å². The van der Waals surface area contributed by atoms with Gasteiger partial charge in [-0.3, -0.25) is 9.69 Å². The molecule has 0 atom stereocenters. The summed E-state index contributed by atoms with van der Waals surface area (Å²) in [6.45, 7) is 5.04. The number of halogens is 2. The molecule has 1 heterocycles. The van der Waals surface area contributed by atoms with E-state index in [1.54, 1.807) is 0 Å². The summed E-state index contributed by atoms with van der Waals surface area (Å²) in [4.78, 5) is 13.9. The Morgan fingerprint density at radius 3 is 2.64 bits per heavy atom. The normalized spacial score (nSPS) is 15.0. The first-order valence-electron chi connectivity index (χ1n) is 7.19. The van der Waals surface area contributed by atoms with Gasteiger partial charge in [-0.1, -0.05) is 0 Å². The van der Waals surface area contributed by atoms with Crippen molar-refractivity contribution in [3.8, 4) is 5.75 Å². The van der Waals surface area contributed by atoms with Gasteiger partial charge in [-0.25, -0.2) is 4.39 Å². The first-order chi connectivity index (χ1) is 10.2. The van der Waals surface area contributed by atoms with Crippen molar-refractivity contribution >= 4 is 18.3 Å². The molecule has 1 amide bonds. The maximum atomic E-state index is 12.7. The predicted molar refractivity (Wildman–Crippen MR) is 84.0 cm³/mol. The van der Waals surface area contributed by atoms with Gasteiger partial charge < -0.3 is 14.8 Å². The van der Waals surface area contributed by atoms with E-state index in [1.807, 2.05) is 0 Å². The zero-order valence-corrected chi connectivity index (χ0v) is 13.2. The Kier molecular flexibility index (Phi) is 8.81. The van der Waals surface area contributed by atoms with Crippen LogP contribution in [0.3, 0.4) is 0 Å². The first-order valence-corrected chi connectivity index (χ1v) is 7.19. The third-order valence-electron chi connectivity index (χ3n) is 3.26. The molecular weight excluding hydrogens is 311 g/mol. The molecule has 7 heteroatoms. The van der Waals surface area contributed by atoms with Crippen LogP contribution in [0.25, 0.3) is 0 Å². The highest BCUT2D eigenvalue weighted by atomic mass is 35.5. The molecular formula is C15H22ClFN2O3. The lowest BCUT2D eigenvalue weighted by Gasteiger charge is -2.26. The van der Waals surface area contributed by atoms with Crippen molar-refractivity contribution in [1.29, 1.82) is 0 Å². The van der Waals surface area contributed by atoms with E-state index in [0.717, 1.165) is 39.3 Å². The van der Waals surface area contributed by atoms with Gasteiger partial charge in [0.05, 0.1) is 13.2 Å². The number of ether oxygens (including phenoxy) is 2. The molecule has 124 valence electrons. The molecule has 1 fully saturated rings. The fourth-order valence-corrected chi connectivity index (χ4v) is 2.09. The predicted octanol–water partition coefficient (Wildman–Crippen LogP) is 1.46. The van der Waals surface area contributed by atoms with E-state index >= 15 is 0 Å². The van der Waals surface area contributed by atoms with Gasteiger partial charge in [-0.2, -0.15) is 0 Å². The minimum atomic E-state index is -0.324. The van der Waals surface area contributed by atoms with Gasteiger partial charge in [0.15, 0.2) is 6.61 Å². The van der Waals surface area contributed by atoms with Crippen LogP contribution in [0.15, 0.2) is 24.3 Å². The molecule has 5 nitrogen and oxygen atoms in total. The van der Waals surface area contributed by atoms with Crippen LogP contribution in [0.2, 0.25) is 0 Å². The van der Waals surface area contributed by atoms with E-state index < -0.39 is 0 Å². The van der Waals surface area contributed by atoms with E-state index in [4.69, 9.17) is 9.47 Å². The van der Waals surface area contributed by atoms with Crippen LogP contribution in [-0.4, -0.2) is 56.8 Å². The topological polar surface area (TPSA) is 50.8 Å². The van der Waals surface area contributed by atoms with Gasteiger partial charge in [0.25, 0.3) is 5.91 Å². The summed E-state index contributed by atoms with van der Waals surface area (Å²) in [5.41, 5.74) is 0. The number of rotatable bonds is 7. The molecule has 1 aromatic rings. The van der Waals surface area contributed by atoms with Gasteiger partial charge in [-0.05, 0) is 37.2 Å². The summed E-state index contributed by atoms with van der Waals surface area (Å²) in [6, 6.07) is 5.60. The Balaban J connectivity index is 0.00000242. The van der Waals surface area contributed by atoms with Crippen molar-refractivity contribution in [2.75, 3.05) is 46.0 Å². The number of nitrogens with one attached hydrogen (secondary N) is 1. The maximum Gasteiger partial charge on any atom is 0.257 e. The molecule has 0 radical (unpaired) electrons. The van der Waals surface area contributed by atoms with Crippen molar-refractivity contribution in [1.82, 2.24) is 10.2 Å². The third-order valence-corrected chi connectivity index (χ3v) is 3.26. The molecule has 0 aliphatic carbocycles. The Morgan fingerprint density at radius 2 is 1.95 bits per heavy atom. The summed E-state index contributed by atoms with van der Waals surface area (Å²) >= 11 is 0. The lowest BCUT2D eigenvalue weighted by atomic mass is 10.3. The van der Waals surface area contributed by atoms with E-state index in [-0.39, 0.29) is 30.7 Å². The van der Waals surface area contributed by atoms with Gasteiger partial charge in [0.1, 0.15) is 11.6 Å². The van der Waals surface area contributed by atoms with Crippen LogP contribution in [0.4, 0.5) is 4.39 Å². The summed E-state index contributed by atoms with van der Waals surface area (Å²) in [5, 5.41) is 2.81. The number of morpholine rings is 1. The zero-order valence-electron chi connectivity index (χ0n) is 12.4. The minimum Gasteiger partial charge on any atom is -0.484 e. The monoisotopic (exact) mass is 332 g/mol. The van der Waals surface area contributed by atoms with Crippen LogP contribution in [0.1, 0.15) is 6.42 Å². The smallest absolute Gasteiger partial charge is 0.257 e. The molecule has 1 aliphatic heterocycles. The van der Waals surface area contributed by atoms with Gasteiger partial charge >= 0.3 is 0 Å². The third kappa shape index (κ3) is 7.06. The minimum absolute atomic E-state index is 0. The molecule has 0 spiro atoms. The van der Waals surface area contributed by atoms with Crippen molar-refractivity contribution in [2.45, 2.75) is 6.42 Å². The molecule has 2 rings (SSSR count). The molecule has 0 bridgehead atoms.